The van der Waals surface area contributed by atoms with Gasteiger partial charge in [-0.3, -0.25) is 0 Å². The van der Waals surface area contributed by atoms with Crippen LogP contribution >= 0.6 is 0 Å². The fraction of sp³-hybridized carbons (Fsp3) is 0. The van der Waals surface area contributed by atoms with Gasteiger partial charge in [0, 0.05) is 32.8 Å². The van der Waals surface area contributed by atoms with Gasteiger partial charge in [-0.2, -0.15) is 0 Å². The molecular weight excluding hydrogens is 574 g/mol. The van der Waals surface area contributed by atoms with Crippen LogP contribution in [0.3, 0.4) is 0 Å². The van der Waals surface area contributed by atoms with E-state index in [1.807, 2.05) is 30.3 Å². The summed E-state index contributed by atoms with van der Waals surface area (Å²) in [7, 11) is 0. The van der Waals surface area contributed by atoms with E-state index in [9.17, 15) is 0 Å². The molecule has 0 saturated heterocycles. The predicted octanol–water partition coefficient (Wildman–Crippen LogP) is 11.4. The summed E-state index contributed by atoms with van der Waals surface area (Å²) >= 11 is 0. The molecule has 4 nitrogen and oxygen atoms in total. The first kappa shape index (κ1) is 25.9. The lowest BCUT2D eigenvalue weighted by Gasteiger charge is -2.14. The van der Waals surface area contributed by atoms with Crippen molar-refractivity contribution in [3.8, 4) is 34.2 Å². The summed E-state index contributed by atoms with van der Waals surface area (Å²) in [6.45, 7) is 0. The fourth-order valence-electron chi connectivity index (χ4n) is 7.01. The Morgan fingerprint density at radius 2 is 0.936 bits per heavy atom. The van der Waals surface area contributed by atoms with Crippen molar-refractivity contribution >= 4 is 65.0 Å². The fourth-order valence-corrected chi connectivity index (χ4v) is 7.01. The molecule has 0 N–H and O–H groups in total. The molecule has 2 heterocycles. The number of hydrogen-bond donors (Lipinski definition) is 0. The van der Waals surface area contributed by atoms with Crippen molar-refractivity contribution in [1.29, 1.82) is 0 Å². The molecule has 218 valence electrons. The van der Waals surface area contributed by atoms with Gasteiger partial charge < -0.3 is 4.42 Å². The number of aromatic nitrogens is 3. The Kier molecular flexibility index (Phi) is 5.54. The lowest BCUT2D eigenvalue weighted by Crippen LogP contribution is -2.01. The molecule has 0 aliphatic heterocycles. The molecule has 47 heavy (non-hydrogen) atoms. The Bertz CT molecular complexity index is 2870. The van der Waals surface area contributed by atoms with E-state index < -0.39 is 0 Å². The first-order valence-corrected chi connectivity index (χ1v) is 15.8. The highest BCUT2D eigenvalue weighted by molar-refractivity contribution is 6.22. The summed E-state index contributed by atoms with van der Waals surface area (Å²) in [4.78, 5) is 15.6. The minimum atomic E-state index is 0.617. The summed E-state index contributed by atoms with van der Waals surface area (Å²) in [5.74, 6) is 1.89. The molecule has 0 bridgehead atoms. The van der Waals surface area contributed by atoms with Crippen LogP contribution in [0, 0.1) is 0 Å². The number of nitrogens with zero attached hydrogens (tertiary/aromatic N) is 3. The normalized spacial score (nSPS) is 11.8. The minimum absolute atomic E-state index is 0.617. The highest BCUT2D eigenvalue weighted by atomic mass is 16.3. The van der Waals surface area contributed by atoms with Crippen molar-refractivity contribution in [1.82, 2.24) is 15.0 Å². The van der Waals surface area contributed by atoms with Gasteiger partial charge in [0.2, 0.25) is 0 Å². The maximum atomic E-state index is 6.15. The highest BCUT2D eigenvalue weighted by Gasteiger charge is 2.18. The van der Waals surface area contributed by atoms with E-state index in [1.54, 1.807) is 0 Å². The second-order valence-electron chi connectivity index (χ2n) is 12.0. The Morgan fingerprint density at radius 1 is 0.340 bits per heavy atom. The van der Waals surface area contributed by atoms with Gasteiger partial charge in [0.1, 0.15) is 11.2 Å². The molecule has 0 aliphatic rings. The van der Waals surface area contributed by atoms with Crippen LogP contribution in [0.1, 0.15) is 0 Å². The number of rotatable bonds is 3. The van der Waals surface area contributed by atoms with Crippen molar-refractivity contribution < 1.29 is 4.42 Å². The topological polar surface area (TPSA) is 51.8 Å². The highest BCUT2D eigenvalue weighted by Crippen LogP contribution is 2.39. The van der Waals surface area contributed by atoms with Crippen LogP contribution in [-0.4, -0.2) is 15.0 Å². The van der Waals surface area contributed by atoms with Crippen LogP contribution in [0.5, 0.6) is 0 Å². The van der Waals surface area contributed by atoms with Gasteiger partial charge in [0.05, 0.1) is 0 Å². The third-order valence-corrected chi connectivity index (χ3v) is 9.27. The number of furan rings is 1. The van der Waals surface area contributed by atoms with E-state index in [0.29, 0.717) is 17.5 Å². The molecule has 10 aromatic rings. The molecule has 0 amide bonds. The van der Waals surface area contributed by atoms with Crippen molar-refractivity contribution in [2.45, 2.75) is 0 Å². The zero-order valence-electron chi connectivity index (χ0n) is 25.2. The predicted molar refractivity (Wildman–Crippen MR) is 193 cm³/mol. The van der Waals surface area contributed by atoms with Gasteiger partial charge in [0.15, 0.2) is 17.5 Å². The van der Waals surface area contributed by atoms with Crippen LogP contribution < -0.4 is 0 Å². The monoisotopic (exact) mass is 599 g/mol. The third kappa shape index (κ3) is 4.12. The van der Waals surface area contributed by atoms with Crippen LogP contribution in [-0.2, 0) is 0 Å². The molecule has 10 rings (SSSR count). The molecule has 0 spiro atoms. The van der Waals surface area contributed by atoms with Gasteiger partial charge in [-0.1, -0.05) is 115 Å². The van der Waals surface area contributed by atoms with E-state index >= 15 is 0 Å². The second kappa shape index (κ2) is 10.1. The van der Waals surface area contributed by atoms with E-state index in [4.69, 9.17) is 19.4 Å². The van der Waals surface area contributed by atoms with Crippen LogP contribution in [0.25, 0.3) is 99.2 Å². The Hall–Kier alpha value is -6.39. The van der Waals surface area contributed by atoms with Gasteiger partial charge in [-0.05, 0) is 74.1 Å². The Labute approximate surface area is 269 Å². The number of hydrogen-bond acceptors (Lipinski definition) is 4. The quantitative estimate of drug-likeness (QED) is 0.190. The molecular formula is C43H25N3O. The van der Waals surface area contributed by atoms with Crippen molar-refractivity contribution in [3.05, 3.63) is 152 Å². The largest absolute Gasteiger partial charge is 0.456 e. The summed E-state index contributed by atoms with van der Waals surface area (Å²) in [6, 6.07) is 52.9. The maximum Gasteiger partial charge on any atom is 0.164 e. The molecule has 8 aromatic carbocycles. The zero-order chi connectivity index (χ0) is 30.9. The van der Waals surface area contributed by atoms with Crippen LogP contribution in [0.4, 0.5) is 0 Å². The first-order chi connectivity index (χ1) is 23.3. The van der Waals surface area contributed by atoms with Gasteiger partial charge >= 0.3 is 0 Å². The van der Waals surface area contributed by atoms with Crippen molar-refractivity contribution in [2.75, 3.05) is 0 Å². The maximum absolute atomic E-state index is 6.15. The van der Waals surface area contributed by atoms with Crippen LogP contribution in [0.2, 0.25) is 0 Å². The second-order valence-corrected chi connectivity index (χ2v) is 12.0. The average molecular weight is 600 g/mol. The summed E-state index contributed by atoms with van der Waals surface area (Å²) in [5.41, 5.74) is 4.53. The van der Waals surface area contributed by atoms with Crippen molar-refractivity contribution in [3.63, 3.8) is 0 Å². The van der Waals surface area contributed by atoms with Gasteiger partial charge in [-0.25, -0.2) is 15.0 Å². The summed E-state index contributed by atoms with van der Waals surface area (Å²) in [5, 5.41) is 11.4. The molecule has 0 atom stereocenters. The molecule has 4 heteroatoms. The molecule has 0 saturated carbocycles. The van der Waals surface area contributed by atoms with E-state index in [-0.39, 0.29) is 0 Å². The third-order valence-electron chi connectivity index (χ3n) is 9.27. The van der Waals surface area contributed by atoms with Crippen molar-refractivity contribution in [2.24, 2.45) is 0 Å². The molecule has 2 aromatic heterocycles. The van der Waals surface area contributed by atoms with Gasteiger partial charge in [-0.15, -0.1) is 0 Å². The number of benzene rings is 8. The standard InChI is InChI=1S/C43H25N3O/c1-2-11-28-23-30(18-17-26(28)9-1)41-44-42(31-20-22-39-36(25-31)34-15-7-8-16-38(34)47-39)46-43(45-41)37-24-29-12-4-5-13-32(29)35-21-19-27-10-3-6-14-33(27)40(35)37/h1-25H. The van der Waals surface area contributed by atoms with Gasteiger partial charge in [0.25, 0.3) is 0 Å². The average Bonchev–Trinajstić information content (AvgIpc) is 3.52. The minimum Gasteiger partial charge on any atom is -0.456 e. The molecule has 0 fully saturated rings. The summed E-state index contributed by atoms with van der Waals surface area (Å²) < 4.78 is 6.15. The smallest absolute Gasteiger partial charge is 0.164 e. The van der Waals surface area contributed by atoms with E-state index in [1.165, 1.54) is 26.9 Å². The molecule has 0 aliphatic carbocycles. The number of fused-ring (bicyclic) bond motifs is 9. The van der Waals surface area contributed by atoms with Crippen LogP contribution in [0.15, 0.2) is 156 Å². The Balaban J connectivity index is 1.29. The molecule has 0 unspecified atom stereocenters. The lowest BCUT2D eigenvalue weighted by atomic mass is 9.92. The van der Waals surface area contributed by atoms with E-state index in [0.717, 1.165) is 54.8 Å². The van der Waals surface area contributed by atoms with E-state index in [2.05, 4.69) is 121 Å². The first-order valence-electron chi connectivity index (χ1n) is 15.8. The number of para-hydroxylation sites is 1. The lowest BCUT2D eigenvalue weighted by molar-refractivity contribution is 0.669. The SMILES string of the molecule is c1ccc2cc(-c3nc(-c4ccc5oc6ccccc6c5c4)nc(-c4cc5ccccc5c5ccc6ccccc6c45)n3)ccc2c1. The summed E-state index contributed by atoms with van der Waals surface area (Å²) in [6.07, 6.45) is 0. The molecule has 0 radical (unpaired) electrons. The zero-order valence-corrected chi connectivity index (χ0v) is 25.2. The Morgan fingerprint density at radius 3 is 1.79 bits per heavy atom.